The van der Waals surface area contributed by atoms with Gasteiger partial charge in [-0.15, -0.1) is 24.0 Å². The summed E-state index contributed by atoms with van der Waals surface area (Å²) in [6.45, 7) is 5.09. The molecule has 2 fully saturated rings. The maximum Gasteiger partial charge on any atom is 0.390 e. The van der Waals surface area contributed by atoms with Gasteiger partial charge in [0.1, 0.15) is 0 Å². The second-order valence-corrected chi connectivity index (χ2v) is 7.17. The van der Waals surface area contributed by atoms with Crippen LogP contribution in [0.2, 0.25) is 0 Å². The third kappa shape index (κ3) is 8.60. The van der Waals surface area contributed by atoms with Crippen LogP contribution in [0.25, 0.3) is 0 Å². The van der Waals surface area contributed by atoms with Gasteiger partial charge in [-0.2, -0.15) is 13.2 Å². The Morgan fingerprint density at radius 2 is 1.77 bits per heavy atom. The number of ether oxygens (including phenoxy) is 1. The molecule has 0 spiro atoms. The highest BCUT2D eigenvalue weighted by Gasteiger charge is 2.34. The number of aliphatic imine (C=N–C) groups is 1. The number of alkyl halides is 3. The summed E-state index contributed by atoms with van der Waals surface area (Å²) in [4.78, 5) is 6.52. The minimum atomic E-state index is -4.15. The minimum absolute atomic E-state index is 0. The van der Waals surface area contributed by atoms with E-state index in [9.17, 15) is 13.2 Å². The molecule has 0 aromatic rings. The summed E-state index contributed by atoms with van der Waals surface area (Å²) < 4.78 is 42.3. The number of morpholine rings is 1. The second kappa shape index (κ2) is 11.5. The minimum Gasteiger partial charge on any atom is -0.379 e. The van der Waals surface area contributed by atoms with Gasteiger partial charge in [0.2, 0.25) is 0 Å². The molecule has 0 atom stereocenters. The van der Waals surface area contributed by atoms with Crippen molar-refractivity contribution in [3.63, 3.8) is 0 Å². The summed E-state index contributed by atoms with van der Waals surface area (Å²) in [6.07, 6.45) is 0.995. The summed E-state index contributed by atoms with van der Waals surface area (Å²) in [5.41, 5.74) is 0.164. The number of hydrogen-bond donors (Lipinski definition) is 2. The molecular weight excluding hydrogens is 460 g/mol. The van der Waals surface area contributed by atoms with Crippen molar-refractivity contribution in [1.29, 1.82) is 0 Å². The van der Waals surface area contributed by atoms with Crippen molar-refractivity contribution in [3.05, 3.63) is 0 Å². The van der Waals surface area contributed by atoms with Gasteiger partial charge in [0.05, 0.1) is 19.6 Å². The van der Waals surface area contributed by atoms with E-state index in [1.165, 1.54) is 19.3 Å². The first-order valence-electron chi connectivity index (χ1n) is 9.24. The lowest BCUT2D eigenvalue weighted by Crippen LogP contribution is -2.51. The molecule has 0 radical (unpaired) electrons. The summed E-state index contributed by atoms with van der Waals surface area (Å²) >= 11 is 0. The normalized spacial score (nSPS) is 21.8. The Balaban J connectivity index is 0.00000338. The first kappa shape index (κ1) is 23.7. The molecule has 0 unspecified atom stereocenters. The molecule has 1 heterocycles. The number of halogens is 4. The van der Waals surface area contributed by atoms with Crippen molar-refractivity contribution in [2.75, 3.05) is 53.0 Å². The largest absolute Gasteiger partial charge is 0.390 e. The van der Waals surface area contributed by atoms with Crippen LogP contribution >= 0.6 is 24.0 Å². The van der Waals surface area contributed by atoms with Gasteiger partial charge >= 0.3 is 6.18 Å². The molecular formula is C17H32F3IN4O. The Hall–Kier alpha value is -0.290. The van der Waals surface area contributed by atoms with Crippen molar-refractivity contribution in [2.45, 2.75) is 44.7 Å². The van der Waals surface area contributed by atoms with Crippen LogP contribution in [0, 0.1) is 5.41 Å². The smallest absolute Gasteiger partial charge is 0.379 e. The van der Waals surface area contributed by atoms with Gasteiger partial charge in [0.15, 0.2) is 5.96 Å². The maximum absolute atomic E-state index is 12.3. The quantitative estimate of drug-likeness (QED) is 0.340. The Bertz CT molecular complexity index is 423. The van der Waals surface area contributed by atoms with Crippen LogP contribution in [-0.2, 0) is 4.74 Å². The lowest BCUT2D eigenvalue weighted by molar-refractivity contribution is -0.132. The average Bonchev–Trinajstić information content (AvgIpc) is 2.59. The van der Waals surface area contributed by atoms with E-state index in [1.807, 2.05) is 0 Å². The topological polar surface area (TPSA) is 48.9 Å². The summed E-state index contributed by atoms with van der Waals surface area (Å²) in [5, 5.41) is 6.04. The Morgan fingerprint density at radius 3 is 2.35 bits per heavy atom. The van der Waals surface area contributed by atoms with E-state index >= 15 is 0 Å². The van der Waals surface area contributed by atoms with E-state index < -0.39 is 12.6 Å². The fraction of sp³-hybridized carbons (Fsp3) is 0.941. The Kier molecular flexibility index (Phi) is 10.5. The lowest BCUT2D eigenvalue weighted by atomic mass is 9.73. The molecule has 2 aliphatic rings. The SMILES string of the molecule is CN=C(NCCC(F)(F)F)NCC1(CN2CCOCC2)CCCCC1.I. The van der Waals surface area contributed by atoms with E-state index in [0.29, 0.717) is 5.96 Å². The average molecular weight is 492 g/mol. The van der Waals surface area contributed by atoms with Crippen LogP contribution in [0.3, 0.4) is 0 Å². The van der Waals surface area contributed by atoms with Gasteiger partial charge in [-0.3, -0.25) is 9.89 Å². The van der Waals surface area contributed by atoms with Gasteiger partial charge in [-0.1, -0.05) is 19.3 Å². The van der Waals surface area contributed by atoms with Gasteiger partial charge in [-0.25, -0.2) is 0 Å². The monoisotopic (exact) mass is 492 g/mol. The van der Waals surface area contributed by atoms with Crippen molar-refractivity contribution in [2.24, 2.45) is 10.4 Å². The highest BCUT2D eigenvalue weighted by molar-refractivity contribution is 14.0. The van der Waals surface area contributed by atoms with Crippen molar-refractivity contribution >= 4 is 29.9 Å². The fourth-order valence-electron chi connectivity index (χ4n) is 3.74. The molecule has 26 heavy (non-hydrogen) atoms. The zero-order valence-corrected chi connectivity index (χ0v) is 17.9. The Morgan fingerprint density at radius 1 is 1.12 bits per heavy atom. The van der Waals surface area contributed by atoms with E-state index in [1.54, 1.807) is 7.05 Å². The number of nitrogens with one attached hydrogen (secondary N) is 2. The highest BCUT2D eigenvalue weighted by atomic mass is 127. The van der Waals surface area contributed by atoms with Crippen LogP contribution in [0.4, 0.5) is 13.2 Å². The van der Waals surface area contributed by atoms with Gasteiger partial charge in [-0.05, 0) is 12.8 Å². The van der Waals surface area contributed by atoms with Gasteiger partial charge in [0.25, 0.3) is 0 Å². The predicted molar refractivity (Wildman–Crippen MR) is 108 cm³/mol. The molecule has 1 saturated heterocycles. The summed E-state index contributed by atoms with van der Waals surface area (Å²) in [5.74, 6) is 0.455. The predicted octanol–water partition coefficient (Wildman–Crippen LogP) is 3.00. The van der Waals surface area contributed by atoms with Crippen LogP contribution in [0.1, 0.15) is 38.5 Å². The number of nitrogens with zero attached hydrogens (tertiary/aromatic N) is 2. The number of hydrogen-bond acceptors (Lipinski definition) is 3. The highest BCUT2D eigenvalue weighted by Crippen LogP contribution is 2.36. The third-order valence-electron chi connectivity index (χ3n) is 5.13. The van der Waals surface area contributed by atoms with Crippen LogP contribution in [0.15, 0.2) is 4.99 Å². The molecule has 5 nitrogen and oxygen atoms in total. The number of guanidine groups is 1. The fourth-order valence-corrected chi connectivity index (χ4v) is 3.74. The van der Waals surface area contributed by atoms with Gasteiger partial charge in [0, 0.05) is 45.2 Å². The summed E-state index contributed by atoms with van der Waals surface area (Å²) in [7, 11) is 1.60. The molecule has 0 aromatic carbocycles. The third-order valence-corrected chi connectivity index (χ3v) is 5.13. The second-order valence-electron chi connectivity index (χ2n) is 7.17. The molecule has 0 amide bonds. The van der Waals surface area contributed by atoms with E-state index in [4.69, 9.17) is 4.74 Å². The maximum atomic E-state index is 12.3. The van der Waals surface area contributed by atoms with Crippen molar-refractivity contribution in [3.8, 4) is 0 Å². The molecule has 1 aliphatic heterocycles. The molecule has 9 heteroatoms. The molecule has 0 aromatic heterocycles. The molecule has 2 N–H and O–H groups in total. The number of rotatable bonds is 6. The lowest BCUT2D eigenvalue weighted by Gasteiger charge is -2.42. The van der Waals surface area contributed by atoms with E-state index in [-0.39, 0.29) is 35.9 Å². The van der Waals surface area contributed by atoms with Gasteiger partial charge < -0.3 is 15.4 Å². The first-order chi connectivity index (χ1) is 11.9. The zero-order chi connectivity index (χ0) is 18.2. The first-order valence-corrected chi connectivity index (χ1v) is 9.24. The van der Waals surface area contributed by atoms with E-state index in [2.05, 4.69) is 20.5 Å². The molecule has 2 rings (SSSR count). The van der Waals surface area contributed by atoms with Crippen molar-refractivity contribution in [1.82, 2.24) is 15.5 Å². The Labute approximate surface area is 171 Å². The zero-order valence-electron chi connectivity index (χ0n) is 15.5. The molecule has 0 bridgehead atoms. The molecule has 154 valence electrons. The van der Waals surface area contributed by atoms with Crippen LogP contribution in [0.5, 0.6) is 0 Å². The standard InChI is InChI=1S/C17H31F3N4O.HI/c1-21-15(22-8-7-17(18,19)20)23-13-16(5-3-2-4-6-16)14-24-9-11-25-12-10-24;/h2-14H2,1H3,(H2,21,22,23);1H. The van der Waals surface area contributed by atoms with Crippen LogP contribution in [-0.4, -0.2) is 70.0 Å². The molecule has 1 saturated carbocycles. The van der Waals surface area contributed by atoms with Crippen LogP contribution < -0.4 is 10.6 Å². The summed E-state index contributed by atoms with van der Waals surface area (Å²) in [6, 6.07) is 0. The van der Waals surface area contributed by atoms with Crippen molar-refractivity contribution < 1.29 is 17.9 Å². The molecule has 1 aliphatic carbocycles. The van der Waals surface area contributed by atoms with E-state index in [0.717, 1.165) is 52.2 Å².